The molecule has 4 heteroatoms. The van der Waals surface area contributed by atoms with E-state index in [1.165, 1.54) is 5.39 Å². The van der Waals surface area contributed by atoms with E-state index in [0.717, 1.165) is 50.0 Å². The highest BCUT2D eigenvalue weighted by Crippen LogP contribution is 2.51. The second-order valence-corrected chi connectivity index (χ2v) is 10.3. The lowest BCUT2D eigenvalue weighted by molar-refractivity contribution is 0.447. The SMILES string of the molecule is Oc1ccccc1-c1cc2c(c(Oc3cccc(-c4ccccc4)n3)n1)-c1ccccc1-c1cccc3cccc-2c13. The van der Waals surface area contributed by atoms with Crippen LogP contribution in [0.2, 0.25) is 0 Å². The van der Waals surface area contributed by atoms with Crippen molar-refractivity contribution in [1.82, 2.24) is 9.97 Å². The number of hydrogen-bond donors (Lipinski definition) is 1. The van der Waals surface area contributed by atoms with Crippen LogP contribution in [-0.4, -0.2) is 15.1 Å². The minimum Gasteiger partial charge on any atom is -0.507 e. The van der Waals surface area contributed by atoms with Crippen molar-refractivity contribution in [3.8, 4) is 73.4 Å². The highest BCUT2D eigenvalue weighted by molar-refractivity contribution is 6.14. The molecule has 0 atom stereocenters. The van der Waals surface area contributed by atoms with Crippen LogP contribution in [0.5, 0.6) is 17.5 Å². The number of benzene rings is 5. The molecule has 1 aliphatic rings. The monoisotopic (exact) mass is 540 g/mol. The Balaban J connectivity index is 1.43. The van der Waals surface area contributed by atoms with Gasteiger partial charge >= 0.3 is 0 Å². The molecule has 1 aliphatic carbocycles. The van der Waals surface area contributed by atoms with E-state index in [0.29, 0.717) is 23.0 Å². The minimum atomic E-state index is 0.160. The maximum absolute atomic E-state index is 10.8. The van der Waals surface area contributed by atoms with Gasteiger partial charge in [-0.2, -0.15) is 0 Å². The van der Waals surface area contributed by atoms with Gasteiger partial charge in [0.1, 0.15) is 5.75 Å². The molecular formula is C38H24N2O2. The highest BCUT2D eigenvalue weighted by Gasteiger charge is 2.27. The third-order valence-corrected chi connectivity index (χ3v) is 7.84. The number of para-hydroxylation sites is 1. The van der Waals surface area contributed by atoms with Gasteiger partial charge in [-0.25, -0.2) is 9.97 Å². The van der Waals surface area contributed by atoms with Crippen molar-refractivity contribution in [1.29, 1.82) is 0 Å². The lowest BCUT2D eigenvalue weighted by Gasteiger charge is -2.18. The first-order valence-corrected chi connectivity index (χ1v) is 13.9. The molecule has 42 heavy (non-hydrogen) atoms. The van der Waals surface area contributed by atoms with Gasteiger partial charge in [-0.3, -0.25) is 0 Å². The molecule has 0 spiro atoms. The van der Waals surface area contributed by atoms with Crippen LogP contribution >= 0.6 is 0 Å². The molecule has 0 bridgehead atoms. The number of hydrogen-bond acceptors (Lipinski definition) is 4. The van der Waals surface area contributed by atoms with Gasteiger partial charge in [0, 0.05) is 17.2 Å². The van der Waals surface area contributed by atoms with E-state index >= 15 is 0 Å². The zero-order valence-electron chi connectivity index (χ0n) is 22.5. The highest BCUT2D eigenvalue weighted by atomic mass is 16.5. The first-order chi connectivity index (χ1) is 20.7. The zero-order valence-corrected chi connectivity index (χ0v) is 22.5. The summed E-state index contributed by atoms with van der Waals surface area (Å²) in [4.78, 5) is 9.91. The van der Waals surface area contributed by atoms with E-state index in [1.807, 2.05) is 72.8 Å². The van der Waals surface area contributed by atoms with Crippen molar-refractivity contribution in [2.45, 2.75) is 0 Å². The Hall–Kier alpha value is -5.74. The number of fused-ring (bicyclic) bond motifs is 5. The van der Waals surface area contributed by atoms with E-state index in [1.54, 1.807) is 6.07 Å². The molecule has 0 amide bonds. The van der Waals surface area contributed by atoms with Crippen molar-refractivity contribution < 1.29 is 9.84 Å². The Morgan fingerprint density at radius 2 is 1.12 bits per heavy atom. The van der Waals surface area contributed by atoms with Crippen molar-refractivity contribution in [2.24, 2.45) is 0 Å². The molecule has 198 valence electrons. The number of aromatic nitrogens is 2. The fraction of sp³-hybridized carbons (Fsp3) is 0. The molecule has 7 aromatic rings. The average molecular weight is 541 g/mol. The second-order valence-electron chi connectivity index (χ2n) is 10.3. The first-order valence-electron chi connectivity index (χ1n) is 13.9. The van der Waals surface area contributed by atoms with Crippen molar-refractivity contribution in [3.05, 3.63) is 140 Å². The summed E-state index contributed by atoms with van der Waals surface area (Å²) in [6.07, 6.45) is 0. The third-order valence-electron chi connectivity index (χ3n) is 7.84. The summed E-state index contributed by atoms with van der Waals surface area (Å²) < 4.78 is 6.64. The molecule has 4 nitrogen and oxygen atoms in total. The standard InChI is InChI=1S/C38H24N2O2/c41-34-21-7-6-17-30(34)33-23-31-29-19-9-14-25-13-8-18-27(36(25)29)26-15-4-5-16-28(26)37(31)38(40-33)42-35-22-10-20-32(39-35)24-11-2-1-3-12-24/h1-23,41H. The maximum atomic E-state index is 10.8. The number of pyridine rings is 2. The number of phenols is 1. The molecular weight excluding hydrogens is 516 g/mol. The molecule has 0 saturated heterocycles. The van der Waals surface area contributed by atoms with E-state index in [2.05, 4.69) is 60.7 Å². The topological polar surface area (TPSA) is 55.2 Å². The van der Waals surface area contributed by atoms with Crippen LogP contribution in [0.25, 0.3) is 66.7 Å². The maximum Gasteiger partial charge on any atom is 0.230 e. The number of rotatable bonds is 4. The Morgan fingerprint density at radius 3 is 1.90 bits per heavy atom. The lowest BCUT2D eigenvalue weighted by Crippen LogP contribution is -1.99. The predicted molar refractivity (Wildman–Crippen MR) is 168 cm³/mol. The van der Waals surface area contributed by atoms with Gasteiger partial charge in [0.2, 0.25) is 11.8 Å². The van der Waals surface area contributed by atoms with Crippen molar-refractivity contribution >= 4 is 10.8 Å². The number of nitrogens with zero attached hydrogens (tertiary/aromatic N) is 2. The Labute approximate surface area is 243 Å². The summed E-state index contributed by atoms with van der Waals surface area (Å²) in [7, 11) is 0. The quantitative estimate of drug-likeness (QED) is 0.241. The smallest absolute Gasteiger partial charge is 0.230 e. The molecule has 2 heterocycles. The predicted octanol–water partition coefficient (Wildman–Crippen LogP) is 9.78. The molecule has 0 aliphatic heterocycles. The van der Waals surface area contributed by atoms with Gasteiger partial charge in [-0.15, -0.1) is 0 Å². The van der Waals surface area contributed by atoms with Crippen LogP contribution < -0.4 is 4.74 Å². The molecule has 2 aromatic heterocycles. The summed E-state index contributed by atoms with van der Waals surface area (Å²) in [5.41, 5.74) is 9.34. The summed E-state index contributed by atoms with van der Waals surface area (Å²) in [6.45, 7) is 0. The number of aromatic hydroxyl groups is 1. The fourth-order valence-electron chi connectivity index (χ4n) is 5.96. The molecule has 1 N–H and O–H groups in total. The van der Waals surface area contributed by atoms with Crippen LogP contribution in [0, 0.1) is 0 Å². The van der Waals surface area contributed by atoms with Gasteiger partial charge in [0.15, 0.2) is 0 Å². The largest absolute Gasteiger partial charge is 0.507 e. The lowest BCUT2D eigenvalue weighted by atomic mass is 9.93. The molecule has 0 unspecified atom stereocenters. The van der Waals surface area contributed by atoms with Gasteiger partial charge in [0.25, 0.3) is 0 Å². The summed E-state index contributed by atoms with van der Waals surface area (Å²) in [5.74, 6) is 1.03. The average Bonchev–Trinajstić information content (AvgIpc) is 3.16. The van der Waals surface area contributed by atoms with Crippen molar-refractivity contribution in [3.63, 3.8) is 0 Å². The van der Waals surface area contributed by atoms with E-state index in [-0.39, 0.29) is 5.75 Å². The molecule has 5 aromatic carbocycles. The Kier molecular flexibility index (Phi) is 5.57. The van der Waals surface area contributed by atoms with E-state index in [4.69, 9.17) is 14.7 Å². The van der Waals surface area contributed by atoms with Crippen molar-refractivity contribution in [2.75, 3.05) is 0 Å². The number of ether oxygens (including phenoxy) is 1. The Bertz CT molecular complexity index is 2130. The van der Waals surface area contributed by atoms with Gasteiger partial charge in [-0.05, 0) is 62.9 Å². The van der Waals surface area contributed by atoms with Gasteiger partial charge in [0.05, 0.1) is 17.0 Å². The van der Waals surface area contributed by atoms with Crippen LogP contribution in [0.3, 0.4) is 0 Å². The summed E-state index contributed by atoms with van der Waals surface area (Å²) in [6, 6.07) is 46.4. The summed E-state index contributed by atoms with van der Waals surface area (Å²) in [5, 5.41) is 13.2. The van der Waals surface area contributed by atoms with Gasteiger partial charge < -0.3 is 9.84 Å². The second kappa shape index (κ2) is 9.72. The van der Waals surface area contributed by atoms with Gasteiger partial charge in [-0.1, -0.05) is 109 Å². The summed E-state index contributed by atoms with van der Waals surface area (Å²) >= 11 is 0. The minimum absolute atomic E-state index is 0.160. The zero-order chi connectivity index (χ0) is 28.0. The fourth-order valence-corrected chi connectivity index (χ4v) is 5.96. The third kappa shape index (κ3) is 3.93. The molecule has 0 fully saturated rings. The molecule has 8 rings (SSSR count). The first kappa shape index (κ1) is 24.1. The van der Waals surface area contributed by atoms with Crippen LogP contribution in [0.1, 0.15) is 0 Å². The number of phenolic OH excluding ortho intramolecular Hbond substituents is 1. The van der Waals surface area contributed by atoms with Crippen LogP contribution in [0.4, 0.5) is 0 Å². The Morgan fingerprint density at radius 1 is 0.476 bits per heavy atom. The normalized spacial score (nSPS) is 11.4. The molecule has 0 saturated carbocycles. The van der Waals surface area contributed by atoms with Crippen LogP contribution in [-0.2, 0) is 0 Å². The molecule has 0 radical (unpaired) electrons. The van der Waals surface area contributed by atoms with E-state index < -0.39 is 0 Å². The van der Waals surface area contributed by atoms with Crippen LogP contribution in [0.15, 0.2) is 140 Å². The van der Waals surface area contributed by atoms with E-state index in [9.17, 15) is 5.11 Å².